The van der Waals surface area contributed by atoms with Gasteiger partial charge in [-0.15, -0.1) is 11.3 Å². The van der Waals surface area contributed by atoms with Gasteiger partial charge in [-0.2, -0.15) is 13.2 Å². The van der Waals surface area contributed by atoms with Gasteiger partial charge in [0.1, 0.15) is 16.3 Å². The summed E-state index contributed by atoms with van der Waals surface area (Å²) < 4.78 is 39.1. The molecule has 1 amide bonds. The van der Waals surface area contributed by atoms with Gasteiger partial charge in [0.25, 0.3) is 5.91 Å². The highest BCUT2D eigenvalue weighted by atomic mass is 32.1. The van der Waals surface area contributed by atoms with Crippen molar-refractivity contribution in [3.63, 3.8) is 0 Å². The molecule has 1 fully saturated rings. The van der Waals surface area contributed by atoms with E-state index in [1.54, 1.807) is 30.5 Å². The van der Waals surface area contributed by atoms with Crippen molar-refractivity contribution < 1.29 is 23.1 Å². The number of amides is 1. The maximum absolute atomic E-state index is 13.0. The number of rotatable bonds is 6. The number of thiazole rings is 1. The van der Waals surface area contributed by atoms with Crippen molar-refractivity contribution in [1.82, 2.24) is 20.3 Å². The largest absolute Gasteiger partial charge is 0.433 e. The highest BCUT2D eigenvalue weighted by molar-refractivity contribution is 7.15. The van der Waals surface area contributed by atoms with E-state index < -0.39 is 17.5 Å². The molecule has 0 unspecified atom stereocenters. The Morgan fingerprint density at radius 1 is 1.08 bits per heavy atom. The van der Waals surface area contributed by atoms with E-state index in [0.717, 1.165) is 28.3 Å². The number of carbonyl (C=O) groups is 1. The molecule has 2 aromatic carbocycles. The minimum Gasteiger partial charge on any atom is -0.383 e. The van der Waals surface area contributed by atoms with Crippen LogP contribution in [0.25, 0.3) is 10.4 Å². The number of aromatic nitrogens is 3. The molecular formula is C28H26F3N5O2S. The van der Waals surface area contributed by atoms with E-state index in [4.69, 9.17) is 0 Å². The summed E-state index contributed by atoms with van der Waals surface area (Å²) in [7, 11) is 0. The molecule has 1 aliphatic carbocycles. The quantitative estimate of drug-likeness (QED) is 0.262. The van der Waals surface area contributed by atoms with Crippen LogP contribution in [0.5, 0.6) is 0 Å². The van der Waals surface area contributed by atoms with Crippen LogP contribution in [0, 0.1) is 6.92 Å². The topological polar surface area (TPSA) is 100 Å². The summed E-state index contributed by atoms with van der Waals surface area (Å²) in [6.07, 6.45) is 0.371. The third-order valence-electron chi connectivity index (χ3n) is 6.65. The lowest BCUT2D eigenvalue weighted by atomic mass is 9.82. The minimum absolute atomic E-state index is 0.0270. The zero-order valence-electron chi connectivity index (χ0n) is 21.0. The second kappa shape index (κ2) is 10.7. The average molecular weight is 554 g/mol. The summed E-state index contributed by atoms with van der Waals surface area (Å²) in [5.74, 6) is -0.279. The molecule has 0 saturated heterocycles. The van der Waals surface area contributed by atoms with E-state index in [1.807, 2.05) is 31.2 Å². The Kier molecular flexibility index (Phi) is 7.37. The van der Waals surface area contributed by atoms with Crippen molar-refractivity contribution in [2.24, 2.45) is 0 Å². The number of benzene rings is 2. The molecule has 7 nitrogen and oxygen atoms in total. The van der Waals surface area contributed by atoms with E-state index in [-0.39, 0.29) is 17.9 Å². The van der Waals surface area contributed by atoms with Gasteiger partial charge in [0.15, 0.2) is 0 Å². The summed E-state index contributed by atoms with van der Waals surface area (Å²) in [5, 5.41) is 17.9. The summed E-state index contributed by atoms with van der Waals surface area (Å²) in [4.78, 5) is 25.3. The Balaban J connectivity index is 1.27. The lowest BCUT2D eigenvalue weighted by Crippen LogP contribution is -2.42. The number of hydrogen-bond acceptors (Lipinski definition) is 7. The van der Waals surface area contributed by atoms with Crippen LogP contribution in [0.3, 0.4) is 0 Å². The lowest BCUT2D eigenvalue weighted by molar-refractivity contribution is -0.141. The number of aryl methyl sites for hydroxylation is 1. The molecular weight excluding hydrogens is 527 g/mol. The molecule has 5 rings (SSSR count). The fraction of sp³-hybridized carbons (Fsp3) is 0.286. The first-order chi connectivity index (χ1) is 18.6. The van der Waals surface area contributed by atoms with Gasteiger partial charge < -0.3 is 15.7 Å². The van der Waals surface area contributed by atoms with Crippen LogP contribution in [0.2, 0.25) is 0 Å². The molecule has 1 saturated carbocycles. The fourth-order valence-electron chi connectivity index (χ4n) is 4.64. The van der Waals surface area contributed by atoms with Crippen LogP contribution in [0.15, 0.2) is 67.0 Å². The third kappa shape index (κ3) is 6.26. The Morgan fingerprint density at radius 3 is 2.54 bits per heavy atom. The molecule has 0 atom stereocenters. The Hall–Kier alpha value is -3.83. The number of hydrogen-bond donors (Lipinski definition) is 3. The van der Waals surface area contributed by atoms with Crippen LogP contribution in [0.1, 0.15) is 52.3 Å². The summed E-state index contributed by atoms with van der Waals surface area (Å²) in [6.45, 7) is 1.88. The number of carbonyl (C=O) groups excluding carboxylic acids is 1. The van der Waals surface area contributed by atoms with Crippen molar-refractivity contribution in [3.8, 4) is 10.4 Å². The average Bonchev–Trinajstić information content (AvgIpc) is 3.42. The van der Waals surface area contributed by atoms with Gasteiger partial charge in [0.05, 0.1) is 4.88 Å². The second-order valence-corrected chi connectivity index (χ2v) is 10.7. The van der Waals surface area contributed by atoms with E-state index in [0.29, 0.717) is 41.9 Å². The van der Waals surface area contributed by atoms with Crippen LogP contribution in [-0.2, 0) is 11.8 Å². The molecule has 0 radical (unpaired) electrons. The standard InChI is InChI=1S/C28H26F3N5O2S/c1-17-13-19(15-21(14-17)35-26-32-12-9-23(36-26)28(29,30)31)22-16-33-25(39-22)27(38)10-7-20(8-11-27)34-24(37)18-5-3-2-4-6-18/h2-6,9,12-16,20,38H,7-8,10-11H2,1H3,(H,34,37)(H,32,35,36)/t20-,27-. The summed E-state index contributed by atoms with van der Waals surface area (Å²) in [6, 6.07) is 15.3. The Labute approximate surface area is 227 Å². The highest BCUT2D eigenvalue weighted by Crippen LogP contribution is 2.41. The van der Waals surface area contributed by atoms with Crippen molar-refractivity contribution in [2.45, 2.75) is 50.4 Å². The number of halogens is 3. The lowest BCUT2D eigenvalue weighted by Gasteiger charge is -2.34. The molecule has 4 aromatic rings. The monoisotopic (exact) mass is 553 g/mol. The summed E-state index contributed by atoms with van der Waals surface area (Å²) >= 11 is 1.38. The van der Waals surface area contributed by atoms with E-state index in [1.165, 1.54) is 11.3 Å². The summed E-state index contributed by atoms with van der Waals surface area (Å²) in [5.41, 5.74) is 0.712. The van der Waals surface area contributed by atoms with Crippen LogP contribution in [-0.4, -0.2) is 32.0 Å². The second-order valence-electron chi connectivity index (χ2n) is 9.65. The number of alkyl halides is 3. The zero-order valence-corrected chi connectivity index (χ0v) is 21.8. The van der Waals surface area contributed by atoms with Gasteiger partial charge in [0, 0.05) is 29.7 Å². The molecule has 202 valence electrons. The van der Waals surface area contributed by atoms with E-state index in [2.05, 4.69) is 25.6 Å². The predicted molar refractivity (Wildman–Crippen MR) is 143 cm³/mol. The van der Waals surface area contributed by atoms with Crippen LogP contribution in [0.4, 0.5) is 24.8 Å². The van der Waals surface area contributed by atoms with Crippen LogP contribution < -0.4 is 10.6 Å². The Bertz CT molecular complexity index is 1470. The van der Waals surface area contributed by atoms with Gasteiger partial charge in [-0.25, -0.2) is 15.0 Å². The number of aliphatic hydroxyl groups is 1. The number of nitrogens with zero attached hydrogens (tertiary/aromatic N) is 3. The zero-order chi connectivity index (χ0) is 27.6. The molecule has 0 spiro atoms. The van der Waals surface area contributed by atoms with Crippen molar-refractivity contribution in [1.29, 1.82) is 0 Å². The first kappa shape index (κ1) is 26.8. The van der Waals surface area contributed by atoms with E-state index in [9.17, 15) is 23.1 Å². The van der Waals surface area contributed by atoms with Gasteiger partial charge in [-0.3, -0.25) is 4.79 Å². The molecule has 2 heterocycles. The smallest absolute Gasteiger partial charge is 0.383 e. The maximum atomic E-state index is 13.0. The van der Waals surface area contributed by atoms with E-state index >= 15 is 0 Å². The number of nitrogens with one attached hydrogen (secondary N) is 2. The maximum Gasteiger partial charge on any atom is 0.433 e. The number of anilines is 2. The Morgan fingerprint density at radius 2 is 1.82 bits per heavy atom. The SMILES string of the molecule is Cc1cc(Nc2nccc(C(F)(F)F)n2)cc(-c2cnc([C@]3(O)CC[C@H](NC(=O)c4ccccc4)CC3)s2)c1. The van der Waals surface area contributed by atoms with Crippen molar-refractivity contribution >= 4 is 28.9 Å². The predicted octanol–water partition coefficient (Wildman–Crippen LogP) is 6.23. The van der Waals surface area contributed by atoms with Crippen molar-refractivity contribution in [3.05, 3.63) is 88.8 Å². The molecule has 0 aliphatic heterocycles. The molecule has 39 heavy (non-hydrogen) atoms. The normalized spacial score (nSPS) is 19.5. The molecule has 3 N–H and O–H groups in total. The van der Waals surface area contributed by atoms with Gasteiger partial charge in [-0.1, -0.05) is 24.3 Å². The van der Waals surface area contributed by atoms with Crippen LogP contribution >= 0.6 is 11.3 Å². The molecule has 11 heteroatoms. The minimum atomic E-state index is -4.57. The first-order valence-corrected chi connectivity index (χ1v) is 13.2. The highest BCUT2D eigenvalue weighted by Gasteiger charge is 2.38. The molecule has 2 aromatic heterocycles. The molecule has 1 aliphatic rings. The first-order valence-electron chi connectivity index (χ1n) is 12.4. The third-order valence-corrected chi connectivity index (χ3v) is 7.89. The van der Waals surface area contributed by atoms with Gasteiger partial charge >= 0.3 is 6.18 Å². The van der Waals surface area contributed by atoms with Crippen molar-refractivity contribution in [2.75, 3.05) is 5.32 Å². The fourth-order valence-corrected chi connectivity index (χ4v) is 5.69. The van der Waals surface area contributed by atoms with Gasteiger partial charge in [-0.05, 0) is 74.1 Å². The molecule has 0 bridgehead atoms. The van der Waals surface area contributed by atoms with Gasteiger partial charge in [0.2, 0.25) is 5.95 Å².